The average Bonchev–Trinajstić information content (AvgIpc) is 2.75. The number of nitrogens with one attached hydrogen (secondary N) is 3. The van der Waals surface area contributed by atoms with E-state index < -0.39 is 18.5 Å². The Balaban J connectivity index is 1.60. The Labute approximate surface area is 186 Å². The number of nitrogens with two attached hydrogens (primary N) is 1. The molecule has 1 aliphatic rings. The molecule has 0 radical (unpaired) electrons. The summed E-state index contributed by atoms with van der Waals surface area (Å²) in [4.78, 5) is 32.4. The van der Waals surface area contributed by atoms with Gasteiger partial charge in [0.15, 0.2) is 0 Å². The molecule has 0 saturated heterocycles. The maximum Gasteiger partial charge on any atom is 0.393 e. The van der Waals surface area contributed by atoms with E-state index in [1.165, 1.54) is 30.5 Å². The molecule has 0 fully saturated rings. The molecular weight excluding hydrogens is 437 g/mol. The first-order valence-electron chi connectivity index (χ1n) is 9.96. The number of benzene rings is 2. The van der Waals surface area contributed by atoms with E-state index in [-0.39, 0.29) is 28.8 Å². The third-order valence-electron chi connectivity index (χ3n) is 5.00. The lowest BCUT2D eigenvalue weighted by Crippen LogP contribution is -2.32. The molecule has 33 heavy (non-hydrogen) atoms. The average molecular weight is 456 g/mol. The molecule has 11 heteroatoms. The predicted molar refractivity (Wildman–Crippen MR) is 116 cm³/mol. The standard InChI is InChI=1S/C22H19F3N6O2/c23-22(24,25)10-12-4-6-13(7-5-12)29-21-28-11-16(18(26)32)19(31-21)30-17-3-1-2-15-14(17)8-9-27-20(15)33/h1-7,11H,8-10H2,(H2,26,32)(H,27,33)(H2,28,29,30,31). The number of aromatic nitrogens is 2. The highest BCUT2D eigenvalue weighted by Crippen LogP contribution is 2.28. The molecule has 0 spiro atoms. The maximum absolute atomic E-state index is 12.5. The van der Waals surface area contributed by atoms with Gasteiger partial charge in [-0.1, -0.05) is 18.2 Å². The second-order valence-corrected chi connectivity index (χ2v) is 7.40. The quantitative estimate of drug-likeness (QED) is 0.451. The highest BCUT2D eigenvalue weighted by molar-refractivity contribution is 6.00. The van der Waals surface area contributed by atoms with Crippen molar-refractivity contribution >= 4 is 35.0 Å². The van der Waals surface area contributed by atoms with E-state index in [1.807, 2.05) is 0 Å². The Kier molecular flexibility index (Phi) is 5.86. The van der Waals surface area contributed by atoms with Crippen LogP contribution >= 0.6 is 0 Å². The highest BCUT2D eigenvalue weighted by atomic mass is 19.4. The molecule has 3 aromatic rings. The molecule has 0 saturated carbocycles. The summed E-state index contributed by atoms with van der Waals surface area (Å²) in [5.41, 5.74) is 8.00. The van der Waals surface area contributed by atoms with Crippen molar-refractivity contribution in [3.63, 3.8) is 0 Å². The van der Waals surface area contributed by atoms with Gasteiger partial charge in [-0.2, -0.15) is 18.2 Å². The van der Waals surface area contributed by atoms with E-state index in [4.69, 9.17) is 5.73 Å². The molecule has 2 amide bonds. The maximum atomic E-state index is 12.5. The van der Waals surface area contributed by atoms with Gasteiger partial charge in [0.25, 0.3) is 11.8 Å². The van der Waals surface area contributed by atoms with Crippen LogP contribution in [0, 0.1) is 0 Å². The molecule has 0 aliphatic carbocycles. The van der Waals surface area contributed by atoms with E-state index in [0.717, 1.165) is 5.56 Å². The van der Waals surface area contributed by atoms with E-state index in [1.54, 1.807) is 18.2 Å². The SMILES string of the molecule is NC(=O)c1cnc(Nc2ccc(CC(F)(F)F)cc2)nc1Nc1cccc2c1CCNC2=O. The summed E-state index contributed by atoms with van der Waals surface area (Å²) in [7, 11) is 0. The third kappa shape index (κ3) is 5.20. The Morgan fingerprint density at radius 2 is 1.88 bits per heavy atom. The predicted octanol–water partition coefficient (Wildman–Crippen LogP) is 3.45. The first-order chi connectivity index (χ1) is 15.7. The lowest BCUT2D eigenvalue weighted by molar-refractivity contribution is -0.127. The van der Waals surface area contributed by atoms with Gasteiger partial charge < -0.3 is 21.7 Å². The Bertz CT molecular complexity index is 1210. The van der Waals surface area contributed by atoms with Crippen molar-refractivity contribution in [3.05, 3.63) is 70.9 Å². The number of amides is 2. The number of carbonyl (C=O) groups is 2. The normalized spacial score (nSPS) is 13.1. The fourth-order valence-electron chi connectivity index (χ4n) is 3.49. The lowest BCUT2D eigenvalue weighted by Gasteiger charge is -2.20. The van der Waals surface area contributed by atoms with Crippen LogP contribution in [0.25, 0.3) is 0 Å². The van der Waals surface area contributed by atoms with Crippen LogP contribution < -0.4 is 21.7 Å². The van der Waals surface area contributed by atoms with Crippen LogP contribution in [0.2, 0.25) is 0 Å². The number of primary amides is 1. The minimum absolute atomic E-state index is 0.0407. The van der Waals surface area contributed by atoms with Gasteiger partial charge >= 0.3 is 6.18 Å². The Morgan fingerprint density at radius 1 is 1.12 bits per heavy atom. The summed E-state index contributed by atoms with van der Waals surface area (Å²) in [6.45, 7) is 0.480. The van der Waals surface area contributed by atoms with Crippen molar-refractivity contribution in [1.82, 2.24) is 15.3 Å². The lowest BCUT2D eigenvalue weighted by atomic mass is 9.98. The third-order valence-corrected chi connectivity index (χ3v) is 5.00. The van der Waals surface area contributed by atoms with E-state index >= 15 is 0 Å². The van der Waals surface area contributed by atoms with Gasteiger partial charge in [0.2, 0.25) is 5.95 Å². The molecule has 8 nitrogen and oxygen atoms in total. The fourth-order valence-corrected chi connectivity index (χ4v) is 3.49. The monoisotopic (exact) mass is 456 g/mol. The molecule has 5 N–H and O–H groups in total. The van der Waals surface area contributed by atoms with Crippen molar-refractivity contribution in [3.8, 4) is 0 Å². The summed E-state index contributed by atoms with van der Waals surface area (Å²) in [6, 6.07) is 10.8. The Morgan fingerprint density at radius 3 is 2.58 bits per heavy atom. The molecule has 2 heterocycles. The molecule has 0 unspecified atom stereocenters. The first-order valence-corrected chi connectivity index (χ1v) is 9.96. The van der Waals surface area contributed by atoms with Gasteiger partial charge in [-0.05, 0) is 41.8 Å². The summed E-state index contributed by atoms with van der Waals surface area (Å²) in [5.74, 6) is -0.696. The molecule has 2 aromatic carbocycles. The molecule has 0 atom stereocenters. The Hall–Kier alpha value is -4.15. The van der Waals surface area contributed by atoms with E-state index in [0.29, 0.717) is 29.9 Å². The zero-order chi connectivity index (χ0) is 23.6. The zero-order valence-electron chi connectivity index (χ0n) is 17.2. The fraction of sp³-hybridized carbons (Fsp3) is 0.182. The largest absolute Gasteiger partial charge is 0.393 e. The van der Waals surface area contributed by atoms with Crippen LogP contribution in [0.5, 0.6) is 0 Å². The van der Waals surface area contributed by atoms with Gasteiger partial charge in [-0.3, -0.25) is 9.59 Å². The van der Waals surface area contributed by atoms with E-state index in [2.05, 4.69) is 25.9 Å². The number of alkyl halides is 3. The van der Waals surface area contributed by atoms with Gasteiger partial charge in [0.1, 0.15) is 11.4 Å². The summed E-state index contributed by atoms with van der Waals surface area (Å²) >= 11 is 0. The smallest absolute Gasteiger partial charge is 0.365 e. The summed E-state index contributed by atoms with van der Waals surface area (Å²) in [6.07, 6.45) is -3.47. The molecule has 1 aromatic heterocycles. The van der Waals surface area contributed by atoms with Gasteiger partial charge in [0, 0.05) is 29.7 Å². The van der Waals surface area contributed by atoms with Crippen LogP contribution in [-0.4, -0.2) is 34.5 Å². The minimum atomic E-state index is -4.29. The number of carbonyl (C=O) groups excluding carboxylic acids is 2. The molecule has 170 valence electrons. The number of hydrogen-bond acceptors (Lipinski definition) is 6. The van der Waals surface area contributed by atoms with Crippen LogP contribution in [0.1, 0.15) is 31.8 Å². The van der Waals surface area contributed by atoms with Crippen LogP contribution in [-0.2, 0) is 12.8 Å². The molecule has 1 aliphatic heterocycles. The molecular formula is C22H19F3N6O2. The van der Waals surface area contributed by atoms with Gasteiger partial charge in [-0.15, -0.1) is 0 Å². The van der Waals surface area contributed by atoms with E-state index in [9.17, 15) is 22.8 Å². The number of anilines is 4. The highest BCUT2D eigenvalue weighted by Gasteiger charge is 2.27. The van der Waals surface area contributed by atoms with Crippen molar-refractivity contribution in [1.29, 1.82) is 0 Å². The number of fused-ring (bicyclic) bond motifs is 1. The molecule has 0 bridgehead atoms. The number of hydrogen-bond donors (Lipinski definition) is 4. The second kappa shape index (κ2) is 8.77. The zero-order valence-corrected chi connectivity index (χ0v) is 17.2. The van der Waals surface area contributed by atoms with Crippen LogP contribution in [0.15, 0.2) is 48.7 Å². The van der Waals surface area contributed by atoms with Crippen LogP contribution in [0.3, 0.4) is 0 Å². The van der Waals surface area contributed by atoms with Gasteiger partial charge in [-0.25, -0.2) is 4.98 Å². The van der Waals surface area contributed by atoms with Crippen molar-refractivity contribution < 1.29 is 22.8 Å². The van der Waals surface area contributed by atoms with Gasteiger partial charge in [0.05, 0.1) is 6.42 Å². The summed E-state index contributed by atoms with van der Waals surface area (Å²) < 4.78 is 37.6. The summed E-state index contributed by atoms with van der Waals surface area (Å²) in [5, 5.41) is 8.74. The van der Waals surface area contributed by atoms with Crippen molar-refractivity contribution in [2.75, 3.05) is 17.2 Å². The minimum Gasteiger partial charge on any atom is -0.365 e. The van der Waals surface area contributed by atoms with Crippen LogP contribution in [0.4, 0.5) is 36.3 Å². The topological polar surface area (TPSA) is 122 Å². The van der Waals surface area contributed by atoms with Crippen molar-refractivity contribution in [2.45, 2.75) is 19.0 Å². The first kappa shape index (κ1) is 22.1. The number of rotatable bonds is 6. The second-order valence-electron chi connectivity index (χ2n) is 7.40. The number of nitrogens with zero attached hydrogens (tertiary/aromatic N) is 2. The van der Waals surface area contributed by atoms with Crippen molar-refractivity contribution in [2.24, 2.45) is 5.73 Å². The number of halogens is 3. The molecule has 4 rings (SSSR count).